The van der Waals surface area contributed by atoms with Crippen LogP contribution in [0.1, 0.15) is 75.9 Å². The van der Waals surface area contributed by atoms with E-state index in [1.807, 2.05) is 12.1 Å². The third kappa shape index (κ3) is 11.1. The van der Waals surface area contributed by atoms with Gasteiger partial charge in [0.15, 0.2) is 23.8 Å². The lowest BCUT2D eigenvalue weighted by molar-refractivity contribution is -0.0508. The number of phosphoric ester groups is 1. The largest absolute Gasteiger partial charge is 0.488 e. The fourth-order valence-electron chi connectivity index (χ4n) is 9.59. The number of benzene rings is 3. The molecule has 26 nitrogen and oxygen atoms in total. The highest BCUT2D eigenvalue weighted by atomic mass is 32.5. The van der Waals surface area contributed by atoms with Gasteiger partial charge in [-0.3, -0.25) is 13.9 Å². The fraction of sp³-hybridized carbons (Fsp3) is 0.386. The fourth-order valence-corrected chi connectivity index (χ4v) is 13.4. The number of aryl methyl sites for hydroxylation is 2. The summed E-state index contributed by atoms with van der Waals surface area (Å²) in [7, 11) is -11.3. The molecule has 1 fully saturated rings. The molecule has 74 heavy (non-hydrogen) atoms. The predicted octanol–water partition coefficient (Wildman–Crippen LogP) is 1.93. The molecule has 0 bridgehead atoms. The second-order valence-corrected chi connectivity index (χ2v) is 23.3. The number of aliphatic hydroxyl groups is 1. The minimum atomic E-state index is -5.70. The Balaban J connectivity index is 0.938. The van der Waals surface area contributed by atoms with Crippen molar-refractivity contribution in [2.75, 3.05) is 56.5 Å². The molecule has 394 valence electrons. The van der Waals surface area contributed by atoms with E-state index in [0.717, 1.165) is 80.4 Å². The number of anilines is 2. The highest BCUT2D eigenvalue weighted by molar-refractivity contribution is 8.08. The van der Waals surface area contributed by atoms with Crippen molar-refractivity contribution in [3.05, 3.63) is 99.1 Å². The van der Waals surface area contributed by atoms with Gasteiger partial charge < -0.3 is 65.3 Å². The van der Waals surface area contributed by atoms with Crippen molar-refractivity contribution in [3.8, 4) is 11.5 Å². The average molecular weight is 1100 g/mol. The molecule has 4 aliphatic rings. The molecule has 10 N–H and O–H groups in total. The number of carbonyl (C=O) groups excluding carboxylic acids is 2. The van der Waals surface area contributed by atoms with Crippen LogP contribution in [-0.4, -0.2) is 131 Å². The number of aromatic nitrogens is 4. The minimum absolute atomic E-state index is 0.0264. The van der Waals surface area contributed by atoms with Gasteiger partial charge in [0.05, 0.1) is 24.6 Å². The Bertz CT molecular complexity index is 3380. The molecule has 9 rings (SSSR count). The van der Waals surface area contributed by atoms with Crippen molar-refractivity contribution >= 4 is 80.4 Å². The molecule has 6 atom stereocenters. The number of ether oxygens (including phenoxy) is 3. The zero-order valence-electron chi connectivity index (χ0n) is 39.5. The van der Waals surface area contributed by atoms with E-state index in [0.29, 0.717) is 33.4 Å². The van der Waals surface area contributed by atoms with Crippen molar-refractivity contribution in [1.82, 2.24) is 34.7 Å². The first kappa shape index (κ1) is 53.1. The van der Waals surface area contributed by atoms with Crippen LogP contribution in [0.15, 0.2) is 55.1 Å². The topological polar surface area (TPSA) is 362 Å². The lowest BCUT2D eigenvalue weighted by Crippen LogP contribution is -2.42. The van der Waals surface area contributed by atoms with Crippen LogP contribution in [0.5, 0.6) is 11.5 Å². The maximum Gasteiger partial charge on any atom is 0.488 e. The van der Waals surface area contributed by atoms with Crippen molar-refractivity contribution in [3.63, 3.8) is 0 Å². The average Bonchev–Trinajstić information content (AvgIpc) is 3.91. The van der Waals surface area contributed by atoms with Crippen LogP contribution in [-0.2, 0) is 56.4 Å². The SMILES string of the molecule is CCN1CCCc2cc3c(cc21)Oc1cc2c(cc1=C3c1cc(C(=O)NCCNC(=O)O[C@H]3[C@@H](O)[C@H](n4cnc5c(N)ncnc54)O[C@@H]3COP(=O)(O)OP(=O)(O)OP(O)(O)=S)ccc1C(=O)O)CCC[N+]=2CC. The number of nitrogens with zero attached hydrogens (tertiary/aromatic N) is 6. The summed E-state index contributed by atoms with van der Waals surface area (Å²) in [4.78, 5) is 93.0. The Morgan fingerprint density at radius 1 is 0.932 bits per heavy atom. The Labute approximate surface area is 425 Å². The molecule has 2 unspecified atom stereocenters. The molecule has 30 heteroatoms. The van der Waals surface area contributed by atoms with Crippen molar-refractivity contribution in [2.24, 2.45) is 0 Å². The summed E-state index contributed by atoms with van der Waals surface area (Å²) < 4.78 is 59.2. The van der Waals surface area contributed by atoms with Crippen molar-refractivity contribution < 1.29 is 80.7 Å². The maximum atomic E-state index is 13.9. The molecule has 0 saturated carbocycles. The lowest BCUT2D eigenvalue weighted by atomic mass is 9.85. The molecule has 4 aliphatic heterocycles. The number of carbonyl (C=O) groups is 3. The van der Waals surface area contributed by atoms with Crippen LogP contribution in [0, 0.1) is 0 Å². The molecule has 2 aromatic heterocycles. The molecule has 3 aromatic carbocycles. The van der Waals surface area contributed by atoms with E-state index in [-0.39, 0.29) is 41.2 Å². The summed E-state index contributed by atoms with van der Waals surface area (Å²) in [6.45, 7) is 1.16. The van der Waals surface area contributed by atoms with Gasteiger partial charge in [-0.15, -0.1) is 0 Å². The molecule has 2 amide bonds. The normalized spacial score (nSPS) is 20.8. The molecule has 0 radical (unpaired) electrons. The van der Waals surface area contributed by atoms with E-state index in [1.165, 1.54) is 29.1 Å². The van der Waals surface area contributed by atoms with Crippen molar-refractivity contribution in [2.45, 2.75) is 64.1 Å². The van der Waals surface area contributed by atoms with Gasteiger partial charge in [0.25, 0.3) is 5.91 Å². The third-order valence-electron chi connectivity index (χ3n) is 12.8. The van der Waals surface area contributed by atoms with E-state index in [4.69, 9.17) is 24.5 Å². The number of rotatable bonds is 17. The Hall–Kier alpha value is -5.76. The minimum Gasteiger partial charge on any atom is -0.478 e. The second kappa shape index (κ2) is 21.1. The van der Waals surface area contributed by atoms with Crippen LogP contribution in [0.3, 0.4) is 0 Å². The van der Waals surface area contributed by atoms with Gasteiger partial charge in [-0.1, -0.05) is 0 Å². The number of amides is 2. The van der Waals surface area contributed by atoms with Gasteiger partial charge in [-0.05, 0) is 86.4 Å². The zero-order valence-corrected chi connectivity index (χ0v) is 43.0. The van der Waals surface area contributed by atoms with E-state index < -0.39 is 71.5 Å². The van der Waals surface area contributed by atoms with E-state index in [2.05, 4.69) is 81.5 Å². The number of alkyl carbamates (subject to hydrolysis) is 1. The third-order valence-corrected chi connectivity index (χ3v) is 17.2. The molecule has 1 saturated heterocycles. The number of phosphoric acid groups is 2. The van der Waals surface area contributed by atoms with Crippen LogP contribution in [0.25, 0.3) is 16.7 Å². The summed E-state index contributed by atoms with van der Waals surface area (Å²) >= 11 is 4.11. The number of fused-ring (bicyclic) bond motifs is 5. The van der Waals surface area contributed by atoms with E-state index in [9.17, 15) is 53.3 Å². The standard InChI is InChI=1S/C44H50N9O17P3S/c1-3-51-13-5-7-23-15-28-32(18-30(23)51)66-33-19-31-24(8-6-14-52(31)4-2)16-29(33)35(28)27-17-25(9-10-26(27)43(56)57)41(55)46-11-12-47-44(58)68-38-34(20-65-71(59,60)69-72(61,62)70-73(63,64)74)67-42(37(38)54)53-22-50-36-39(45)48-21-49-40(36)53/h9-10,15-19,21-22,34,37-38,42,54H,3-8,11-14,20H2,1-2H3,(H8-,45,46,47,48,49,55,56,57,58,59,60,61,62,63,64,74)/p+1/t34-,37-,38-,42-/m1/s1. The Morgan fingerprint density at radius 3 is 2.45 bits per heavy atom. The van der Waals surface area contributed by atoms with Gasteiger partial charge in [-0.2, -0.15) is 4.31 Å². The van der Waals surface area contributed by atoms with Crippen LogP contribution in [0.4, 0.5) is 16.3 Å². The first-order chi connectivity index (χ1) is 35.1. The predicted molar refractivity (Wildman–Crippen MR) is 265 cm³/mol. The summed E-state index contributed by atoms with van der Waals surface area (Å²) in [5.41, 5.74) is 11.0. The first-order valence-electron chi connectivity index (χ1n) is 23.2. The number of imidazole rings is 1. The second-order valence-electron chi connectivity index (χ2n) is 17.4. The van der Waals surface area contributed by atoms with Gasteiger partial charge in [0.1, 0.15) is 48.6 Å². The molecule has 0 spiro atoms. The lowest BCUT2D eigenvalue weighted by Gasteiger charge is -2.32. The summed E-state index contributed by atoms with van der Waals surface area (Å²) in [5.74, 6) is -0.709. The number of aromatic carboxylic acids is 1. The summed E-state index contributed by atoms with van der Waals surface area (Å²) in [6.07, 6.45) is -2.00. The molecular formula is C44H51N9O17P3S+. The number of hydrogen-bond donors (Lipinski definition) is 9. The number of carboxylic acids is 1. The smallest absolute Gasteiger partial charge is 0.478 e. The monoisotopic (exact) mass is 1100 g/mol. The van der Waals surface area contributed by atoms with Gasteiger partial charge in [-0.25, -0.2) is 42.6 Å². The van der Waals surface area contributed by atoms with Gasteiger partial charge in [0, 0.05) is 71.8 Å². The molecule has 5 aromatic rings. The van der Waals surface area contributed by atoms with Crippen LogP contribution < -0.4 is 41.2 Å². The van der Waals surface area contributed by atoms with Gasteiger partial charge >= 0.3 is 34.4 Å². The summed E-state index contributed by atoms with van der Waals surface area (Å²) in [5, 5.41) is 29.0. The maximum absolute atomic E-state index is 13.9. The zero-order chi connectivity index (χ0) is 52.9. The van der Waals surface area contributed by atoms with Gasteiger partial charge in [0.2, 0.25) is 5.36 Å². The molecule has 0 aliphatic carbocycles. The van der Waals surface area contributed by atoms with Crippen LogP contribution in [0.2, 0.25) is 0 Å². The number of aliphatic hydroxyl groups excluding tert-OH is 1. The van der Waals surface area contributed by atoms with E-state index >= 15 is 0 Å². The number of hydrogen-bond acceptors (Lipinski definition) is 18. The quantitative estimate of drug-likeness (QED) is 0.0358. The number of nitrogens with one attached hydrogen (secondary N) is 2. The molecular weight excluding hydrogens is 1050 g/mol. The van der Waals surface area contributed by atoms with Crippen LogP contribution >= 0.6 is 22.4 Å². The first-order valence-corrected chi connectivity index (χ1v) is 28.8. The Kier molecular flexibility index (Phi) is 15.1. The number of carboxylic acid groups (broad SMARTS) is 1. The number of nitrogen functional groups attached to an aromatic ring is 1. The molecule has 6 heterocycles. The highest BCUT2D eigenvalue weighted by Gasteiger charge is 2.50. The number of nitrogens with two attached hydrogens (primary N) is 1. The summed E-state index contributed by atoms with van der Waals surface area (Å²) in [6, 6.07) is 12.5. The van der Waals surface area contributed by atoms with E-state index in [1.54, 1.807) is 0 Å². The Morgan fingerprint density at radius 2 is 1.70 bits per heavy atom. The van der Waals surface area contributed by atoms with Crippen molar-refractivity contribution in [1.29, 1.82) is 0 Å². The highest BCUT2D eigenvalue weighted by Crippen LogP contribution is 2.66.